The van der Waals surface area contributed by atoms with Gasteiger partial charge in [-0.2, -0.15) is 0 Å². The van der Waals surface area contributed by atoms with Gasteiger partial charge in [0.15, 0.2) is 0 Å². The topological polar surface area (TPSA) is 26.3 Å². The zero-order valence-corrected chi connectivity index (χ0v) is 46.7. The fraction of sp³-hybridized carbons (Fsp3) is 0. The lowest BCUT2D eigenvalue weighted by atomic mass is 9.83. The Kier molecular flexibility index (Phi) is 10.7. The zero-order valence-electron chi connectivity index (χ0n) is 46.7. The first kappa shape index (κ1) is 48.2. The van der Waals surface area contributed by atoms with E-state index >= 15 is 0 Å². The number of hydrogen-bond acceptors (Lipinski definition) is 2. The van der Waals surface area contributed by atoms with Gasteiger partial charge >= 0.3 is 0 Å². The van der Waals surface area contributed by atoms with Gasteiger partial charge in [0.25, 0.3) is 0 Å². The zero-order chi connectivity index (χ0) is 56.4. The van der Waals surface area contributed by atoms with E-state index in [4.69, 9.17) is 8.83 Å². The third kappa shape index (κ3) is 7.40. The minimum atomic E-state index is 0.863. The Morgan fingerprint density at radius 1 is 0.174 bits per heavy atom. The van der Waals surface area contributed by atoms with Crippen molar-refractivity contribution in [2.45, 2.75) is 0 Å². The van der Waals surface area contributed by atoms with Crippen molar-refractivity contribution in [1.29, 1.82) is 0 Å². The van der Waals surface area contributed by atoms with E-state index in [0.717, 1.165) is 82.8 Å². The first-order valence-corrected chi connectivity index (χ1v) is 29.6. The molecule has 2 heteroatoms. The van der Waals surface area contributed by atoms with Gasteiger partial charge in [0, 0.05) is 27.1 Å². The fourth-order valence-electron chi connectivity index (χ4n) is 14.5. The molecule has 2 aromatic heterocycles. The molecule has 0 atom stereocenters. The van der Waals surface area contributed by atoms with Crippen LogP contribution in [0.25, 0.3) is 186 Å². The van der Waals surface area contributed by atoms with E-state index < -0.39 is 0 Å². The molecule has 2 nitrogen and oxygen atoms in total. The predicted octanol–water partition coefficient (Wildman–Crippen LogP) is 24.1. The van der Waals surface area contributed by atoms with Crippen molar-refractivity contribution in [3.63, 3.8) is 0 Å². The first-order chi connectivity index (χ1) is 42.7. The van der Waals surface area contributed by atoms with Gasteiger partial charge in [0.1, 0.15) is 22.3 Å². The van der Waals surface area contributed by atoms with Gasteiger partial charge in [-0.05, 0) is 179 Å². The SMILES string of the molecule is c1cc(-c2c3ccccc3c(-c3cccc4ccccc34)c3cc(-c4ccc(-c5ccc(-c6c7ccccc7c(-c7ccc8ccccc8c7)c7ccccc67)cc5)c5c4oc4ccccc45)ccc23)cc(-c2cccc3oc4ccccc4c23)c1. The summed E-state index contributed by atoms with van der Waals surface area (Å²) in [6.45, 7) is 0. The van der Waals surface area contributed by atoms with Crippen LogP contribution in [0, 0.1) is 0 Å². The second kappa shape index (κ2) is 19.1. The monoisotopic (exact) mass is 1090 g/mol. The maximum Gasteiger partial charge on any atom is 0.143 e. The summed E-state index contributed by atoms with van der Waals surface area (Å²) in [6, 6.07) is 111. The number of hydrogen-bond donors (Lipinski definition) is 0. The Morgan fingerprint density at radius 3 is 1.31 bits per heavy atom. The first-order valence-electron chi connectivity index (χ1n) is 29.6. The molecule has 86 heavy (non-hydrogen) atoms. The largest absolute Gasteiger partial charge is 0.456 e. The summed E-state index contributed by atoms with van der Waals surface area (Å²) in [7, 11) is 0. The summed E-state index contributed by atoms with van der Waals surface area (Å²) >= 11 is 0. The molecule has 0 aliphatic carbocycles. The third-order valence-corrected chi connectivity index (χ3v) is 18.2. The fourth-order valence-corrected chi connectivity index (χ4v) is 14.5. The van der Waals surface area contributed by atoms with Crippen LogP contribution < -0.4 is 0 Å². The van der Waals surface area contributed by atoms with E-state index in [9.17, 15) is 0 Å². The van der Waals surface area contributed by atoms with Crippen molar-refractivity contribution >= 4 is 109 Å². The molecule has 0 amide bonds. The Balaban J connectivity index is 0.819. The molecule has 16 aromatic carbocycles. The van der Waals surface area contributed by atoms with Crippen molar-refractivity contribution in [1.82, 2.24) is 0 Å². The summed E-state index contributed by atoms with van der Waals surface area (Å²) in [6.07, 6.45) is 0. The molecular formula is C84H50O2. The Bertz CT molecular complexity index is 5770. The van der Waals surface area contributed by atoms with Crippen LogP contribution in [0.4, 0.5) is 0 Å². The van der Waals surface area contributed by atoms with Gasteiger partial charge in [0.05, 0.1) is 0 Å². The summed E-state index contributed by atoms with van der Waals surface area (Å²) in [5.41, 5.74) is 19.9. The molecule has 0 bridgehead atoms. The predicted molar refractivity (Wildman–Crippen MR) is 364 cm³/mol. The maximum atomic E-state index is 7.11. The molecule has 0 saturated heterocycles. The van der Waals surface area contributed by atoms with Crippen molar-refractivity contribution in [2.24, 2.45) is 0 Å². The van der Waals surface area contributed by atoms with Crippen LogP contribution in [0.2, 0.25) is 0 Å². The molecule has 18 rings (SSSR count). The molecule has 0 spiro atoms. The Labute approximate surface area is 495 Å². The molecule has 0 aliphatic heterocycles. The van der Waals surface area contributed by atoms with Crippen LogP contribution in [0.15, 0.2) is 312 Å². The molecule has 0 aliphatic rings. The Hall–Kier alpha value is -11.3. The Morgan fingerprint density at radius 2 is 0.605 bits per heavy atom. The smallest absolute Gasteiger partial charge is 0.143 e. The lowest BCUT2D eigenvalue weighted by molar-refractivity contribution is 0.669. The average molecular weight is 1090 g/mol. The number of furan rings is 2. The summed E-state index contributed by atoms with van der Waals surface area (Å²) < 4.78 is 13.5. The molecule has 0 fully saturated rings. The molecule has 398 valence electrons. The van der Waals surface area contributed by atoms with E-state index in [2.05, 4.69) is 297 Å². The summed E-state index contributed by atoms with van der Waals surface area (Å²) in [4.78, 5) is 0. The highest BCUT2D eigenvalue weighted by Crippen LogP contribution is 2.50. The van der Waals surface area contributed by atoms with E-state index in [0.29, 0.717) is 0 Å². The molecule has 18 aromatic rings. The van der Waals surface area contributed by atoms with Gasteiger partial charge in [-0.15, -0.1) is 0 Å². The van der Waals surface area contributed by atoms with Crippen LogP contribution in [-0.4, -0.2) is 0 Å². The standard InChI is InChI=1S/C84H50O2/c1-2-20-55-48-59(43-38-51(55)18-1)80-67-27-7-5-25-65(67)78(66-26-6-8-28-68(66)80)54-41-39-53(40-42-54)62-46-47-63(84-83(62)73-32-12-14-36-76(73)86-84)57-44-45-71-74(50-57)81(64-34-16-21-52-19-3-4-24-60(52)64)70-30-10-9-29-69(70)79(71)58-23-15-22-56(49-58)61-33-17-37-77-82(61)72-31-11-13-35-75(72)85-77/h1-50H. The van der Waals surface area contributed by atoms with Gasteiger partial charge in [-0.1, -0.05) is 261 Å². The van der Waals surface area contributed by atoms with Crippen molar-refractivity contribution < 1.29 is 8.83 Å². The number of para-hydroxylation sites is 2. The average Bonchev–Trinajstić information content (AvgIpc) is 2.05. The minimum Gasteiger partial charge on any atom is -0.456 e. The molecule has 0 saturated carbocycles. The molecule has 2 heterocycles. The number of rotatable bonds is 7. The minimum absolute atomic E-state index is 0.863. The highest BCUT2D eigenvalue weighted by molar-refractivity contribution is 6.26. The second-order valence-electron chi connectivity index (χ2n) is 22.9. The molecule has 0 N–H and O–H groups in total. The van der Waals surface area contributed by atoms with Gasteiger partial charge < -0.3 is 8.83 Å². The van der Waals surface area contributed by atoms with E-state index in [1.165, 1.54) is 104 Å². The lowest BCUT2D eigenvalue weighted by Gasteiger charge is -2.20. The molecular weight excluding hydrogens is 1040 g/mol. The van der Waals surface area contributed by atoms with E-state index in [1.807, 2.05) is 6.07 Å². The van der Waals surface area contributed by atoms with Gasteiger partial charge in [-0.3, -0.25) is 0 Å². The third-order valence-electron chi connectivity index (χ3n) is 18.2. The van der Waals surface area contributed by atoms with Crippen LogP contribution in [0.5, 0.6) is 0 Å². The van der Waals surface area contributed by atoms with E-state index in [-0.39, 0.29) is 0 Å². The number of fused-ring (bicyclic) bond motifs is 12. The van der Waals surface area contributed by atoms with E-state index in [1.54, 1.807) is 0 Å². The lowest BCUT2D eigenvalue weighted by Crippen LogP contribution is -1.93. The van der Waals surface area contributed by atoms with Crippen LogP contribution in [-0.2, 0) is 0 Å². The van der Waals surface area contributed by atoms with Crippen molar-refractivity contribution in [3.8, 4) is 77.9 Å². The van der Waals surface area contributed by atoms with Gasteiger partial charge in [-0.25, -0.2) is 0 Å². The van der Waals surface area contributed by atoms with Crippen molar-refractivity contribution in [3.05, 3.63) is 303 Å². The highest BCUT2D eigenvalue weighted by atomic mass is 16.3. The maximum absolute atomic E-state index is 7.11. The van der Waals surface area contributed by atoms with Crippen LogP contribution in [0.1, 0.15) is 0 Å². The summed E-state index contributed by atoms with van der Waals surface area (Å²) in [5.74, 6) is 0. The van der Waals surface area contributed by atoms with Crippen LogP contribution in [0.3, 0.4) is 0 Å². The second-order valence-corrected chi connectivity index (χ2v) is 22.9. The number of benzene rings is 16. The highest BCUT2D eigenvalue weighted by Gasteiger charge is 2.24. The van der Waals surface area contributed by atoms with Crippen LogP contribution >= 0.6 is 0 Å². The quantitative estimate of drug-likeness (QED) is 0.149. The molecule has 0 radical (unpaired) electrons. The molecule has 0 unspecified atom stereocenters. The summed E-state index contributed by atoms with van der Waals surface area (Å²) in [5, 5.41) is 19.1. The van der Waals surface area contributed by atoms with Crippen molar-refractivity contribution in [2.75, 3.05) is 0 Å². The van der Waals surface area contributed by atoms with Gasteiger partial charge in [0.2, 0.25) is 0 Å². The normalized spacial score (nSPS) is 12.0.